The molecule has 2 aromatic rings. The normalized spacial score (nSPS) is 17.6. The molecule has 2 heterocycles. The van der Waals surface area contributed by atoms with Gasteiger partial charge in [0.15, 0.2) is 0 Å². The Bertz CT molecular complexity index is 503. The van der Waals surface area contributed by atoms with Gasteiger partial charge in [-0.3, -0.25) is 9.88 Å². The molecule has 1 saturated heterocycles. The number of rotatable bonds is 2. The van der Waals surface area contributed by atoms with Gasteiger partial charge < -0.3 is 5.73 Å². The predicted molar refractivity (Wildman–Crippen MR) is 65.0 cm³/mol. The quantitative estimate of drug-likeness (QED) is 0.819. The molecule has 3 heteroatoms. The van der Waals surface area contributed by atoms with Crippen molar-refractivity contribution in [2.24, 2.45) is 5.73 Å². The molecule has 1 aromatic carbocycles. The number of benzene rings is 1. The molecule has 1 aliphatic heterocycles. The third-order valence-electron chi connectivity index (χ3n) is 3.06. The highest BCUT2D eigenvalue weighted by molar-refractivity contribution is 5.78. The zero-order valence-electron chi connectivity index (χ0n) is 9.13. The average Bonchev–Trinajstić information content (AvgIpc) is 2.27. The first-order valence-corrected chi connectivity index (χ1v) is 5.63. The second-order valence-electron chi connectivity index (χ2n) is 4.48. The van der Waals surface area contributed by atoms with Crippen molar-refractivity contribution in [1.29, 1.82) is 0 Å². The van der Waals surface area contributed by atoms with Crippen LogP contribution in [-0.4, -0.2) is 29.0 Å². The number of aromatic nitrogens is 1. The molecular formula is C13H15N3. The molecular weight excluding hydrogens is 198 g/mol. The molecule has 1 aromatic heterocycles. The lowest BCUT2D eigenvalue weighted by atomic mass is 10.1. The molecule has 0 radical (unpaired) electrons. The maximum absolute atomic E-state index is 5.76. The Kier molecular flexibility index (Phi) is 2.35. The van der Waals surface area contributed by atoms with Crippen molar-refractivity contribution < 1.29 is 0 Å². The van der Waals surface area contributed by atoms with E-state index in [1.54, 1.807) is 0 Å². The van der Waals surface area contributed by atoms with Crippen LogP contribution >= 0.6 is 0 Å². The maximum Gasteiger partial charge on any atom is 0.0702 e. The zero-order valence-corrected chi connectivity index (χ0v) is 9.13. The van der Waals surface area contributed by atoms with Crippen LogP contribution in [0.1, 0.15) is 5.56 Å². The molecule has 3 nitrogen and oxygen atoms in total. The Morgan fingerprint density at radius 3 is 3.00 bits per heavy atom. The molecule has 0 amide bonds. The van der Waals surface area contributed by atoms with Gasteiger partial charge in [0.05, 0.1) is 5.52 Å². The Labute approximate surface area is 94.9 Å². The number of hydrogen-bond donors (Lipinski definition) is 1. The SMILES string of the molecule is NC1CN(Cc2ccc3ncccc3c2)C1. The summed E-state index contributed by atoms with van der Waals surface area (Å²) >= 11 is 0. The van der Waals surface area contributed by atoms with Crippen molar-refractivity contribution >= 4 is 10.9 Å². The number of likely N-dealkylation sites (tertiary alicyclic amines) is 1. The molecule has 0 spiro atoms. The van der Waals surface area contributed by atoms with Crippen LogP contribution in [-0.2, 0) is 6.54 Å². The Morgan fingerprint density at radius 1 is 1.31 bits per heavy atom. The molecule has 0 saturated carbocycles. The van der Waals surface area contributed by atoms with E-state index in [0.717, 1.165) is 25.2 Å². The van der Waals surface area contributed by atoms with E-state index >= 15 is 0 Å². The summed E-state index contributed by atoms with van der Waals surface area (Å²) < 4.78 is 0. The molecule has 0 unspecified atom stereocenters. The molecule has 0 aliphatic carbocycles. The van der Waals surface area contributed by atoms with E-state index in [0.29, 0.717) is 6.04 Å². The third-order valence-corrected chi connectivity index (χ3v) is 3.06. The summed E-state index contributed by atoms with van der Waals surface area (Å²) in [6.07, 6.45) is 1.83. The standard InChI is InChI=1S/C13H15N3/c14-12-8-16(9-12)7-10-3-4-13-11(6-10)2-1-5-15-13/h1-6,12H,7-9,14H2. The molecule has 1 fully saturated rings. The summed E-state index contributed by atoms with van der Waals surface area (Å²) in [7, 11) is 0. The minimum atomic E-state index is 0.377. The fourth-order valence-electron chi connectivity index (χ4n) is 2.22. The highest BCUT2D eigenvalue weighted by Crippen LogP contribution is 2.17. The van der Waals surface area contributed by atoms with Crippen molar-refractivity contribution in [2.75, 3.05) is 13.1 Å². The topological polar surface area (TPSA) is 42.1 Å². The number of pyridine rings is 1. The van der Waals surface area contributed by atoms with Crippen LogP contribution in [0.3, 0.4) is 0 Å². The number of fused-ring (bicyclic) bond motifs is 1. The summed E-state index contributed by atoms with van der Waals surface area (Å²) in [6, 6.07) is 10.9. The van der Waals surface area contributed by atoms with Crippen molar-refractivity contribution in [1.82, 2.24) is 9.88 Å². The van der Waals surface area contributed by atoms with E-state index < -0.39 is 0 Å². The smallest absolute Gasteiger partial charge is 0.0702 e. The summed E-state index contributed by atoms with van der Waals surface area (Å²) in [5.41, 5.74) is 8.16. The van der Waals surface area contributed by atoms with E-state index in [1.165, 1.54) is 10.9 Å². The lowest BCUT2D eigenvalue weighted by Crippen LogP contribution is -2.54. The van der Waals surface area contributed by atoms with Crippen LogP contribution in [0.4, 0.5) is 0 Å². The monoisotopic (exact) mass is 213 g/mol. The van der Waals surface area contributed by atoms with Gasteiger partial charge in [-0.1, -0.05) is 12.1 Å². The van der Waals surface area contributed by atoms with Gasteiger partial charge in [0.2, 0.25) is 0 Å². The molecule has 0 bridgehead atoms. The predicted octanol–water partition coefficient (Wildman–Crippen LogP) is 1.38. The van der Waals surface area contributed by atoms with Crippen molar-refractivity contribution in [3.63, 3.8) is 0 Å². The summed E-state index contributed by atoms with van der Waals surface area (Å²) in [6.45, 7) is 3.04. The molecule has 3 rings (SSSR count). The fourth-order valence-corrected chi connectivity index (χ4v) is 2.22. The minimum absolute atomic E-state index is 0.377. The average molecular weight is 213 g/mol. The van der Waals surface area contributed by atoms with E-state index in [9.17, 15) is 0 Å². The van der Waals surface area contributed by atoms with Gasteiger partial charge in [-0.05, 0) is 23.8 Å². The highest BCUT2D eigenvalue weighted by atomic mass is 15.2. The lowest BCUT2D eigenvalue weighted by molar-refractivity contribution is 0.142. The molecule has 0 atom stereocenters. The van der Waals surface area contributed by atoms with Crippen molar-refractivity contribution in [3.05, 3.63) is 42.1 Å². The zero-order chi connectivity index (χ0) is 11.0. The van der Waals surface area contributed by atoms with E-state index in [-0.39, 0.29) is 0 Å². The fraction of sp³-hybridized carbons (Fsp3) is 0.308. The van der Waals surface area contributed by atoms with Gasteiger partial charge in [0.25, 0.3) is 0 Å². The molecule has 1 aliphatic rings. The second-order valence-corrected chi connectivity index (χ2v) is 4.48. The maximum atomic E-state index is 5.76. The lowest BCUT2D eigenvalue weighted by Gasteiger charge is -2.36. The first-order valence-electron chi connectivity index (χ1n) is 5.63. The highest BCUT2D eigenvalue weighted by Gasteiger charge is 2.22. The van der Waals surface area contributed by atoms with Gasteiger partial charge >= 0.3 is 0 Å². The Hall–Kier alpha value is -1.45. The number of hydrogen-bond acceptors (Lipinski definition) is 3. The Balaban J connectivity index is 1.82. The molecule has 16 heavy (non-hydrogen) atoms. The van der Waals surface area contributed by atoms with Gasteiger partial charge in [-0.2, -0.15) is 0 Å². The summed E-state index contributed by atoms with van der Waals surface area (Å²) in [5.74, 6) is 0. The van der Waals surface area contributed by atoms with Crippen LogP contribution in [0.25, 0.3) is 10.9 Å². The van der Waals surface area contributed by atoms with Gasteiger partial charge in [-0.25, -0.2) is 0 Å². The van der Waals surface area contributed by atoms with E-state index in [4.69, 9.17) is 5.73 Å². The van der Waals surface area contributed by atoms with Crippen LogP contribution in [0.15, 0.2) is 36.5 Å². The first-order chi connectivity index (χ1) is 7.81. The van der Waals surface area contributed by atoms with Crippen molar-refractivity contribution in [3.8, 4) is 0 Å². The largest absolute Gasteiger partial charge is 0.325 e. The van der Waals surface area contributed by atoms with Crippen LogP contribution < -0.4 is 5.73 Å². The minimum Gasteiger partial charge on any atom is -0.325 e. The number of nitrogens with zero attached hydrogens (tertiary/aromatic N) is 2. The third kappa shape index (κ3) is 1.79. The van der Waals surface area contributed by atoms with E-state index in [1.807, 2.05) is 12.3 Å². The number of nitrogens with two attached hydrogens (primary N) is 1. The van der Waals surface area contributed by atoms with Gasteiger partial charge in [0, 0.05) is 37.3 Å². The Morgan fingerprint density at radius 2 is 2.19 bits per heavy atom. The van der Waals surface area contributed by atoms with Crippen LogP contribution in [0, 0.1) is 0 Å². The first kappa shape index (κ1) is 9.75. The second kappa shape index (κ2) is 3.85. The van der Waals surface area contributed by atoms with Gasteiger partial charge in [0.1, 0.15) is 0 Å². The summed E-state index contributed by atoms with van der Waals surface area (Å²) in [5, 5.41) is 1.21. The van der Waals surface area contributed by atoms with Gasteiger partial charge in [-0.15, -0.1) is 0 Å². The molecule has 82 valence electrons. The van der Waals surface area contributed by atoms with Crippen LogP contribution in [0.5, 0.6) is 0 Å². The molecule has 2 N–H and O–H groups in total. The van der Waals surface area contributed by atoms with E-state index in [2.05, 4.69) is 34.1 Å². The van der Waals surface area contributed by atoms with Crippen LogP contribution in [0.2, 0.25) is 0 Å². The summed E-state index contributed by atoms with van der Waals surface area (Å²) in [4.78, 5) is 6.68. The van der Waals surface area contributed by atoms with Crippen molar-refractivity contribution in [2.45, 2.75) is 12.6 Å².